The average Bonchev–Trinajstić information content (AvgIpc) is 2.40. The van der Waals surface area contributed by atoms with Crippen molar-refractivity contribution in [3.05, 3.63) is 0 Å². The van der Waals surface area contributed by atoms with E-state index in [1.807, 2.05) is 0 Å². The number of hydrogen-bond donors (Lipinski definition) is 3. The number of aliphatic hydroxyl groups is 2. The van der Waals surface area contributed by atoms with Crippen molar-refractivity contribution >= 4 is 0 Å². The van der Waals surface area contributed by atoms with Crippen molar-refractivity contribution in [1.29, 1.82) is 0 Å². The van der Waals surface area contributed by atoms with E-state index in [1.54, 1.807) is 0 Å². The highest BCUT2D eigenvalue weighted by Crippen LogP contribution is 2.33. The first kappa shape index (κ1) is 14.3. The lowest BCUT2D eigenvalue weighted by Gasteiger charge is -2.42. The molecule has 0 saturated heterocycles. The first-order valence-corrected chi connectivity index (χ1v) is 7.66. The first-order valence-electron chi connectivity index (χ1n) is 7.66. The summed E-state index contributed by atoms with van der Waals surface area (Å²) in [5.74, 6) is 0.782. The Hall–Kier alpha value is -0.120. The number of aliphatic hydroxyl groups excluding tert-OH is 1. The molecule has 3 heteroatoms. The zero-order valence-electron chi connectivity index (χ0n) is 11.7. The molecule has 0 aromatic rings. The van der Waals surface area contributed by atoms with Gasteiger partial charge in [-0.2, -0.15) is 0 Å². The molecule has 0 spiro atoms. The van der Waals surface area contributed by atoms with Crippen LogP contribution in [0.4, 0.5) is 0 Å². The van der Waals surface area contributed by atoms with E-state index in [-0.39, 0.29) is 12.1 Å². The maximum absolute atomic E-state index is 10.5. The van der Waals surface area contributed by atoms with Crippen molar-refractivity contribution in [2.45, 2.75) is 75.9 Å². The van der Waals surface area contributed by atoms with Crippen molar-refractivity contribution in [3.63, 3.8) is 0 Å². The molecular formula is C15H29NO2. The average molecular weight is 255 g/mol. The highest BCUT2D eigenvalue weighted by Gasteiger charge is 2.37. The van der Waals surface area contributed by atoms with Crippen LogP contribution in [0.15, 0.2) is 0 Å². The van der Waals surface area contributed by atoms with Gasteiger partial charge >= 0.3 is 0 Å². The molecule has 2 saturated carbocycles. The smallest absolute Gasteiger partial charge is 0.0771 e. The summed E-state index contributed by atoms with van der Waals surface area (Å²) in [6.07, 6.45) is 9.82. The van der Waals surface area contributed by atoms with E-state index in [4.69, 9.17) is 0 Å². The molecular weight excluding hydrogens is 226 g/mol. The van der Waals surface area contributed by atoms with Crippen LogP contribution in [0.3, 0.4) is 0 Å². The van der Waals surface area contributed by atoms with Crippen LogP contribution in [0, 0.1) is 5.92 Å². The lowest BCUT2D eigenvalue weighted by molar-refractivity contribution is -0.0113. The first-order chi connectivity index (χ1) is 8.58. The highest BCUT2D eigenvalue weighted by atomic mass is 16.3. The summed E-state index contributed by atoms with van der Waals surface area (Å²) in [5, 5.41) is 23.7. The number of rotatable bonds is 4. The molecule has 3 N–H and O–H groups in total. The topological polar surface area (TPSA) is 52.5 Å². The van der Waals surface area contributed by atoms with Gasteiger partial charge in [0.05, 0.1) is 12.2 Å². The van der Waals surface area contributed by atoms with E-state index in [0.717, 1.165) is 44.4 Å². The molecule has 2 rings (SSSR count). The summed E-state index contributed by atoms with van der Waals surface area (Å²) in [6.45, 7) is 3.15. The quantitative estimate of drug-likeness (QED) is 0.722. The summed E-state index contributed by atoms with van der Waals surface area (Å²) in [5.41, 5.74) is -0.650. The largest absolute Gasteiger partial charge is 0.394 e. The van der Waals surface area contributed by atoms with Gasteiger partial charge in [0.1, 0.15) is 0 Å². The molecule has 0 aromatic heterocycles. The van der Waals surface area contributed by atoms with Crippen molar-refractivity contribution in [2.75, 3.05) is 13.2 Å². The van der Waals surface area contributed by atoms with Crippen LogP contribution in [-0.2, 0) is 0 Å². The number of nitrogens with one attached hydrogen (secondary N) is 1. The minimum atomic E-state index is -0.524. The number of β-amino-alcohol motifs (C(OH)–C–C–N with tert-alkyl or cyclic N) is 1. The molecule has 0 aliphatic heterocycles. The summed E-state index contributed by atoms with van der Waals surface area (Å²) in [6, 6.07) is 0. The lowest BCUT2D eigenvalue weighted by Crippen LogP contribution is -2.56. The third-order valence-corrected chi connectivity index (χ3v) is 5.11. The second-order valence-electron chi connectivity index (χ2n) is 6.76. The Morgan fingerprint density at radius 3 is 2.22 bits per heavy atom. The molecule has 18 heavy (non-hydrogen) atoms. The van der Waals surface area contributed by atoms with E-state index in [0.29, 0.717) is 6.54 Å². The van der Waals surface area contributed by atoms with Gasteiger partial charge in [-0.05, 0) is 44.4 Å². The van der Waals surface area contributed by atoms with Crippen LogP contribution in [0.2, 0.25) is 0 Å². The Bertz CT molecular complexity index is 253. The Balaban J connectivity index is 1.86. The van der Waals surface area contributed by atoms with Crippen LogP contribution in [-0.4, -0.2) is 34.5 Å². The zero-order valence-corrected chi connectivity index (χ0v) is 11.7. The second-order valence-corrected chi connectivity index (χ2v) is 6.76. The zero-order chi connectivity index (χ0) is 13.1. The molecule has 2 aliphatic carbocycles. The van der Waals surface area contributed by atoms with Crippen LogP contribution >= 0.6 is 0 Å². The van der Waals surface area contributed by atoms with Gasteiger partial charge in [0.25, 0.3) is 0 Å². The molecule has 0 atom stereocenters. The van der Waals surface area contributed by atoms with Crippen LogP contribution in [0.5, 0.6) is 0 Å². The van der Waals surface area contributed by atoms with Gasteiger partial charge in [-0.1, -0.05) is 26.2 Å². The third-order valence-electron chi connectivity index (χ3n) is 5.11. The molecule has 2 fully saturated rings. The summed E-state index contributed by atoms with van der Waals surface area (Å²) in [7, 11) is 0. The summed E-state index contributed by atoms with van der Waals surface area (Å²) >= 11 is 0. The van der Waals surface area contributed by atoms with Gasteiger partial charge < -0.3 is 15.5 Å². The highest BCUT2D eigenvalue weighted by molar-refractivity contribution is 4.95. The molecule has 0 amide bonds. The van der Waals surface area contributed by atoms with Gasteiger partial charge in [0.15, 0.2) is 0 Å². The maximum atomic E-state index is 10.5. The fourth-order valence-corrected chi connectivity index (χ4v) is 3.44. The van der Waals surface area contributed by atoms with Gasteiger partial charge in [-0.3, -0.25) is 0 Å². The molecule has 3 nitrogen and oxygen atoms in total. The van der Waals surface area contributed by atoms with Gasteiger partial charge in [-0.25, -0.2) is 0 Å². The van der Waals surface area contributed by atoms with E-state index in [2.05, 4.69) is 12.2 Å². The predicted octanol–water partition coefficient (Wildman–Crippen LogP) is 2.21. The fraction of sp³-hybridized carbons (Fsp3) is 1.00. The molecule has 0 bridgehead atoms. The van der Waals surface area contributed by atoms with Crippen molar-refractivity contribution in [2.24, 2.45) is 5.92 Å². The lowest BCUT2D eigenvalue weighted by atomic mass is 9.76. The third kappa shape index (κ3) is 3.46. The molecule has 106 valence electrons. The minimum Gasteiger partial charge on any atom is -0.394 e. The van der Waals surface area contributed by atoms with E-state index < -0.39 is 5.60 Å². The van der Waals surface area contributed by atoms with E-state index in [9.17, 15) is 10.2 Å². The molecule has 0 unspecified atom stereocenters. The summed E-state index contributed by atoms with van der Waals surface area (Å²) in [4.78, 5) is 0. The Morgan fingerprint density at radius 2 is 1.67 bits per heavy atom. The van der Waals surface area contributed by atoms with Crippen molar-refractivity contribution < 1.29 is 10.2 Å². The van der Waals surface area contributed by atoms with Crippen LogP contribution in [0.25, 0.3) is 0 Å². The fourth-order valence-electron chi connectivity index (χ4n) is 3.44. The minimum absolute atomic E-state index is 0.125. The van der Waals surface area contributed by atoms with Gasteiger partial charge in [-0.15, -0.1) is 0 Å². The normalized spacial score (nSPS) is 36.5. The van der Waals surface area contributed by atoms with E-state index >= 15 is 0 Å². The molecule has 2 aliphatic rings. The molecule has 0 heterocycles. The van der Waals surface area contributed by atoms with Gasteiger partial charge in [0, 0.05) is 12.1 Å². The molecule has 0 aromatic carbocycles. The number of hydrogen-bond acceptors (Lipinski definition) is 3. The SMILES string of the molecule is CC1CCC(CO)(NCC2(O)CCCCC2)CC1. The monoisotopic (exact) mass is 255 g/mol. The Kier molecular flexibility index (Phi) is 4.68. The summed E-state index contributed by atoms with van der Waals surface area (Å²) < 4.78 is 0. The van der Waals surface area contributed by atoms with Crippen LogP contribution < -0.4 is 5.32 Å². The second kappa shape index (κ2) is 5.89. The molecule has 0 radical (unpaired) electrons. The van der Waals surface area contributed by atoms with Crippen molar-refractivity contribution in [1.82, 2.24) is 5.32 Å². The van der Waals surface area contributed by atoms with Gasteiger partial charge in [0.2, 0.25) is 0 Å². The maximum Gasteiger partial charge on any atom is 0.0771 e. The standard InChI is InChI=1S/C15H29NO2/c1-13-5-9-14(12-17,10-6-13)16-11-15(18)7-3-2-4-8-15/h13,16-18H,2-12H2,1H3. The van der Waals surface area contributed by atoms with Crippen molar-refractivity contribution in [3.8, 4) is 0 Å². The van der Waals surface area contributed by atoms with E-state index in [1.165, 1.54) is 19.3 Å². The predicted molar refractivity (Wildman–Crippen MR) is 73.5 cm³/mol. The Morgan fingerprint density at radius 1 is 1.06 bits per heavy atom. The Labute approximate surface area is 111 Å². The van der Waals surface area contributed by atoms with Crippen LogP contribution in [0.1, 0.15) is 64.7 Å².